The monoisotopic (exact) mass is 346 g/mol. The van der Waals surface area contributed by atoms with Gasteiger partial charge in [0.25, 0.3) is 0 Å². The number of nitrogens with zero attached hydrogens (tertiary/aromatic N) is 3. The van der Waals surface area contributed by atoms with Gasteiger partial charge in [-0.1, -0.05) is 13.8 Å². The van der Waals surface area contributed by atoms with E-state index >= 15 is 0 Å². The fraction of sp³-hybridized carbons (Fsp3) is 0.737. The van der Waals surface area contributed by atoms with Crippen molar-refractivity contribution in [2.75, 3.05) is 6.54 Å². The van der Waals surface area contributed by atoms with Crippen LogP contribution in [0.3, 0.4) is 0 Å². The van der Waals surface area contributed by atoms with Crippen LogP contribution in [0, 0.1) is 19.8 Å². The number of likely N-dealkylation sites (tertiary alicyclic amines) is 1. The first kappa shape index (κ1) is 18.0. The molecule has 6 heteroatoms. The summed E-state index contributed by atoms with van der Waals surface area (Å²) in [7, 11) is 0. The summed E-state index contributed by atoms with van der Waals surface area (Å²) >= 11 is 0. The van der Waals surface area contributed by atoms with E-state index in [0.717, 1.165) is 49.2 Å². The second-order valence-electron chi connectivity index (χ2n) is 7.93. The van der Waals surface area contributed by atoms with Gasteiger partial charge in [-0.25, -0.2) is 0 Å². The first-order valence-electron chi connectivity index (χ1n) is 9.49. The topological polar surface area (TPSA) is 67.2 Å². The SMILES string of the molecule is Cc1nn(CC(C)C)c(C)c1CC(=O)N1CCC[C@@H]1C(=O)NC1CC1. The number of nitrogens with one attached hydrogen (secondary N) is 1. The summed E-state index contributed by atoms with van der Waals surface area (Å²) in [5.74, 6) is 0.580. The fourth-order valence-electron chi connectivity index (χ4n) is 3.63. The van der Waals surface area contributed by atoms with E-state index in [1.165, 1.54) is 0 Å². The van der Waals surface area contributed by atoms with Crippen molar-refractivity contribution < 1.29 is 9.59 Å². The van der Waals surface area contributed by atoms with Crippen LogP contribution in [0.25, 0.3) is 0 Å². The molecule has 1 aromatic heterocycles. The van der Waals surface area contributed by atoms with Gasteiger partial charge in [-0.05, 0) is 45.4 Å². The number of rotatable bonds is 6. The van der Waals surface area contributed by atoms with Gasteiger partial charge in [-0.3, -0.25) is 14.3 Å². The van der Waals surface area contributed by atoms with Crippen molar-refractivity contribution in [2.24, 2.45) is 5.92 Å². The molecule has 25 heavy (non-hydrogen) atoms. The van der Waals surface area contributed by atoms with Crippen LogP contribution in [-0.4, -0.2) is 45.1 Å². The van der Waals surface area contributed by atoms with Crippen molar-refractivity contribution in [2.45, 2.75) is 78.4 Å². The Labute approximate surface area is 149 Å². The van der Waals surface area contributed by atoms with Crippen molar-refractivity contribution in [1.82, 2.24) is 20.0 Å². The molecule has 0 bridgehead atoms. The molecular weight excluding hydrogens is 316 g/mol. The number of hydrogen-bond acceptors (Lipinski definition) is 3. The predicted molar refractivity (Wildman–Crippen MR) is 96.1 cm³/mol. The third-order valence-corrected chi connectivity index (χ3v) is 5.20. The zero-order valence-corrected chi connectivity index (χ0v) is 15.8. The van der Waals surface area contributed by atoms with Gasteiger partial charge in [0.15, 0.2) is 0 Å². The molecule has 1 aliphatic carbocycles. The second kappa shape index (κ2) is 7.18. The van der Waals surface area contributed by atoms with Gasteiger partial charge < -0.3 is 10.2 Å². The molecule has 1 atom stereocenters. The van der Waals surface area contributed by atoms with E-state index in [2.05, 4.69) is 24.3 Å². The van der Waals surface area contributed by atoms with E-state index in [1.54, 1.807) is 4.90 Å². The summed E-state index contributed by atoms with van der Waals surface area (Å²) < 4.78 is 2.00. The minimum atomic E-state index is -0.292. The summed E-state index contributed by atoms with van der Waals surface area (Å²) in [4.78, 5) is 27.1. The molecule has 0 radical (unpaired) electrons. The number of carbonyl (C=O) groups excluding carboxylic acids is 2. The van der Waals surface area contributed by atoms with Crippen molar-refractivity contribution >= 4 is 11.8 Å². The zero-order chi connectivity index (χ0) is 18.1. The largest absolute Gasteiger partial charge is 0.352 e. The minimum Gasteiger partial charge on any atom is -0.352 e. The van der Waals surface area contributed by atoms with Gasteiger partial charge in [-0.15, -0.1) is 0 Å². The molecule has 2 fully saturated rings. The number of amides is 2. The molecule has 138 valence electrons. The van der Waals surface area contributed by atoms with Crippen LogP contribution >= 0.6 is 0 Å². The Hall–Kier alpha value is -1.85. The summed E-state index contributed by atoms with van der Waals surface area (Å²) in [5, 5.41) is 7.64. The van der Waals surface area contributed by atoms with E-state index in [1.807, 2.05) is 18.5 Å². The van der Waals surface area contributed by atoms with Crippen LogP contribution in [0.15, 0.2) is 0 Å². The van der Waals surface area contributed by atoms with Gasteiger partial charge >= 0.3 is 0 Å². The number of aromatic nitrogens is 2. The van der Waals surface area contributed by atoms with E-state index in [0.29, 0.717) is 24.9 Å². The van der Waals surface area contributed by atoms with Crippen LogP contribution in [0.1, 0.15) is 56.5 Å². The first-order chi connectivity index (χ1) is 11.9. The number of aryl methyl sites for hydroxylation is 1. The van der Waals surface area contributed by atoms with Gasteiger partial charge in [0, 0.05) is 30.4 Å². The first-order valence-corrected chi connectivity index (χ1v) is 9.49. The lowest BCUT2D eigenvalue weighted by Crippen LogP contribution is -2.47. The Balaban J connectivity index is 1.68. The average molecular weight is 346 g/mol. The highest BCUT2D eigenvalue weighted by Gasteiger charge is 2.36. The lowest BCUT2D eigenvalue weighted by molar-refractivity contribution is -0.138. The second-order valence-corrected chi connectivity index (χ2v) is 7.93. The van der Waals surface area contributed by atoms with Gasteiger partial charge in [-0.2, -0.15) is 5.10 Å². The molecule has 3 rings (SSSR count). The summed E-state index contributed by atoms with van der Waals surface area (Å²) in [6, 6.07) is 0.0447. The van der Waals surface area contributed by atoms with Crippen LogP contribution in [0.4, 0.5) is 0 Å². The Morgan fingerprint density at radius 3 is 2.60 bits per heavy atom. The van der Waals surface area contributed by atoms with Gasteiger partial charge in [0.05, 0.1) is 12.1 Å². The maximum Gasteiger partial charge on any atom is 0.243 e. The molecule has 2 amide bonds. The molecule has 2 aliphatic rings. The lowest BCUT2D eigenvalue weighted by atomic mass is 10.1. The third kappa shape index (κ3) is 4.05. The number of hydrogen-bond donors (Lipinski definition) is 1. The smallest absolute Gasteiger partial charge is 0.243 e. The Morgan fingerprint density at radius 2 is 1.96 bits per heavy atom. The Bertz CT molecular complexity index is 661. The van der Waals surface area contributed by atoms with Crippen molar-refractivity contribution in [3.05, 3.63) is 17.0 Å². The molecule has 1 saturated carbocycles. The number of carbonyl (C=O) groups is 2. The maximum atomic E-state index is 12.9. The molecule has 0 unspecified atom stereocenters. The standard InChI is InChI=1S/C19H30N4O2/c1-12(2)11-23-14(4)16(13(3)21-23)10-18(24)22-9-5-6-17(22)19(25)20-15-7-8-15/h12,15,17H,5-11H2,1-4H3,(H,20,25)/t17-/m1/s1. The average Bonchev–Trinajstić information content (AvgIpc) is 3.14. The lowest BCUT2D eigenvalue weighted by Gasteiger charge is -2.24. The van der Waals surface area contributed by atoms with E-state index in [-0.39, 0.29) is 17.9 Å². The molecule has 6 nitrogen and oxygen atoms in total. The van der Waals surface area contributed by atoms with Crippen molar-refractivity contribution in [3.8, 4) is 0 Å². The molecule has 1 aliphatic heterocycles. The fourth-order valence-corrected chi connectivity index (χ4v) is 3.63. The highest BCUT2D eigenvalue weighted by atomic mass is 16.2. The van der Waals surface area contributed by atoms with Crippen LogP contribution in [-0.2, 0) is 22.6 Å². The van der Waals surface area contributed by atoms with Crippen LogP contribution in [0.2, 0.25) is 0 Å². The molecule has 0 aromatic carbocycles. The predicted octanol–water partition coefficient (Wildman–Crippen LogP) is 1.97. The normalized spacial score (nSPS) is 20.4. The molecule has 1 N–H and O–H groups in total. The van der Waals surface area contributed by atoms with Gasteiger partial charge in [0.1, 0.15) is 6.04 Å². The summed E-state index contributed by atoms with van der Waals surface area (Å²) in [6.45, 7) is 9.86. The highest BCUT2D eigenvalue weighted by Crippen LogP contribution is 2.24. The van der Waals surface area contributed by atoms with Crippen LogP contribution in [0.5, 0.6) is 0 Å². The van der Waals surface area contributed by atoms with Gasteiger partial charge in [0.2, 0.25) is 11.8 Å². The van der Waals surface area contributed by atoms with E-state index in [9.17, 15) is 9.59 Å². The molecule has 1 aromatic rings. The molecule has 0 spiro atoms. The van der Waals surface area contributed by atoms with Crippen molar-refractivity contribution in [3.63, 3.8) is 0 Å². The zero-order valence-electron chi connectivity index (χ0n) is 15.8. The Morgan fingerprint density at radius 1 is 1.24 bits per heavy atom. The minimum absolute atomic E-state index is 0.0253. The van der Waals surface area contributed by atoms with E-state index in [4.69, 9.17) is 0 Å². The van der Waals surface area contributed by atoms with Crippen LogP contribution < -0.4 is 5.32 Å². The quantitative estimate of drug-likeness (QED) is 0.856. The van der Waals surface area contributed by atoms with E-state index < -0.39 is 0 Å². The molecule has 1 saturated heterocycles. The molecular formula is C19H30N4O2. The van der Waals surface area contributed by atoms with Crippen molar-refractivity contribution in [1.29, 1.82) is 0 Å². The highest BCUT2D eigenvalue weighted by molar-refractivity contribution is 5.89. The third-order valence-electron chi connectivity index (χ3n) is 5.20. The summed E-state index contributed by atoms with van der Waals surface area (Å²) in [5.41, 5.74) is 3.00. The molecule has 2 heterocycles. The maximum absolute atomic E-state index is 12.9. The summed E-state index contributed by atoms with van der Waals surface area (Å²) in [6.07, 6.45) is 4.15. The Kier molecular flexibility index (Phi) is 5.16.